The number of nitro groups is 1. The van der Waals surface area contributed by atoms with E-state index in [1.807, 2.05) is 6.92 Å². The summed E-state index contributed by atoms with van der Waals surface area (Å²) in [5.74, 6) is -1.58. The first-order chi connectivity index (χ1) is 24.2. The third kappa shape index (κ3) is 9.47. The number of nitrogens with one attached hydrogen (secondary N) is 2. The maximum atomic E-state index is 13.4. The van der Waals surface area contributed by atoms with Gasteiger partial charge in [0.05, 0.1) is 9.67 Å². The number of carbonyl (C=O) groups is 5. The zero-order valence-corrected chi connectivity index (χ0v) is 30.1. The molecule has 3 heterocycles. The topological polar surface area (TPSA) is 190 Å². The van der Waals surface area contributed by atoms with Crippen molar-refractivity contribution in [1.82, 2.24) is 20.1 Å². The molecule has 5 amide bonds. The Morgan fingerprint density at radius 1 is 1.12 bits per heavy atom. The van der Waals surface area contributed by atoms with E-state index in [9.17, 15) is 34.1 Å². The van der Waals surface area contributed by atoms with Crippen LogP contribution in [0.4, 0.5) is 21.0 Å². The molecular weight excluding hydrogens is 724 g/mol. The van der Waals surface area contributed by atoms with Crippen LogP contribution in [0, 0.1) is 17.0 Å². The molecule has 3 aromatic rings. The molecule has 2 N–H and O–H groups in total. The van der Waals surface area contributed by atoms with Gasteiger partial charge in [-0.3, -0.25) is 24.5 Å². The number of ether oxygens (including phenoxy) is 2. The fraction of sp³-hybridized carbons (Fsp3) is 0.333. The van der Waals surface area contributed by atoms with Gasteiger partial charge in [-0.05, 0) is 78.9 Å². The van der Waals surface area contributed by atoms with Crippen molar-refractivity contribution < 1.29 is 38.4 Å². The summed E-state index contributed by atoms with van der Waals surface area (Å²) in [7, 11) is 2.57. The van der Waals surface area contributed by atoms with E-state index in [0.29, 0.717) is 26.9 Å². The van der Waals surface area contributed by atoms with Crippen molar-refractivity contribution in [2.45, 2.75) is 62.5 Å². The van der Waals surface area contributed by atoms with Gasteiger partial charge in [0.25, 0.3) is 17.5 Å². The number of urea groups is 1. The van der Waals surface area contributed by atoms with Crippen molar-refractivity contribution in [2.75, 3.05) is 18.7 Å². The Hall–Kier alpha value is -4.87. The summed E-state index contributed by atoms with van der Waals surface area (Å²) in [4.78, 5) is 80.8. The predicted molar refractivity (Wildman–Crippen MR) is 189 cm³/mol. The number of amides is 5. The molecule has 2 aliphatic rings. The van der Waals surface area contributed by atoms with Gasteiger partial charge in [-0.1, -0.05) is 40.6 Å². The number of imide groups is 1. The van der Waals surface area contributed by atoms with E-state index >= 15 is 0 Å². The number of pyridine rings is 1. The second-order valence-corrected chi connectivity index (χ2v) is 15.5. The number of nitrogens with zero attached hydrogens (tertiary/aromatic N) is 4. The predicted octanol–water partition coefficient (Wildman–Crippen LogP) is 6.08. The third-order valence-electron chi connectivity index (χ3n) is 7.88. The molecule has 0 bridgehead atoms. The lowest BCUT2D eigenvalue weighted by Gasteiger charge is -2.34. The van der Waals surface area contributed by atoms with Gasteiger partial charge in [0.2, 0.25) is 5.91 Å². The van der Waals surface area contributed by atoms with Crippen LogP contribution in [0.2, 0.25) is 5.02 Å². The average Bonchev–Trinajstić information content (AvgIpc) is 3.42. The molecule has 0 spiro atoms. The number of piperidine rings is 1. The summed E-state index contributed by atoms with van der Waals surface area (Å²) < 4.78 is 9.70. The van der Waals surface area contributed by atoms with Crippen LogP contribution >= 0.6 is 33.2 Å². The van der Waals surface area contributed by atoms with Crippen LogP contribution in [0.3, 0.4) is 0 Å². The molecule has 268 valence electrons. The number of rotatable bonds is 12. The summed E-state index contributed by atoms with van der Waals surface area (Å²) in [6, 6.07) is 11.8. The van der Waals surface area contributed by atoms with Gasteiger partial charge in [-0.25, -0.2) is 19.5 Å². The lowest BCUT2D eigenvalue weighted by Crippen LogP contribution is -2.55. The Morgan fingerprint density at radius 3 is 2.61 bits per heavy atom. The van der Waals surface area contributed by atoms with Gasteiger partial charge in [-0.2, -0.15) is 0 Å². The van der Waals surface area contributed by atoms with Crippen molar-refractivity contribution in [1.29, 1.82) is 0 Å². The lowest BCUT2D eigenvalue weighted by atomic mass is 10.0. The third-order valence-corrected chi connectivity index (χ3v) is 11.5. The highest BCUT2D eigenvalue weighted by molar-refractivity contribution is 8.77. The second kappa shape index (κ2) is 16.0. The van der Waals surface area contributed by atoms with Crippen molar-refractivity contribution in [3.8, 4) is 0 Å². The summed E-state index contributed by atoms with van der Waals surface area (Å²) in [6.45, 7) is 4.99. The zero-order valence-electron chi connectivity index (χ0n) is 27.7. The lowest BCUT2D eigenvalue weighted by molar-refractivity contribution is -0.385. The molecule has 1 aromatic heterocycles. The van der Waals surface area contributed by atoms with Crippen molar-refractivity contribution in [2.24, 2.45) is 0 Å². The van der Waals surface area contributed by atoms with Crippen LogP contribution in [-0.4, -0.2) is 73.7 Å². The average molecular weight is 757 g/mol. The summed E-state index contributed by atoms with van der Waals surface area (Å²) in [6.07, 6.45) is 0.137. The van der Waals surface area contributed by atoms with E-state index in [1.165, 1.54) is 38.6 Å². The van der Waals surface area contributed by atoms with Crippen LogP contribution < -0.4 is 10.6 Å². The Kier molecular flexibility index (Phi) is 11.7. The number of carbonyl (C=O) groups excluding carboxylic acids is 5. The maximum absolute atomic E-state index is 13.4. The minimum Gasteiger partial charge on any atom is -0.433 e. The first kappa shape index (κ1) is 37.4. The van der Waals surface area contributed by atoms with Gasteiger partial charge >= 0.3 is 12.2 Å². The number of hydrogen-bond donors (Lipinski definition) is 2. The van der Waals surface area contributed by atoms with Gasteiger partial charge in [0, 0.05) is 41.9 Å². The van der Waals surface area contributed by atoms with Gasteiger partial charge in [0.15, 0.2) is 6.73 Å². The zero-order chi connectivity index (χ0) is 36.9. The highest BCUT2D eigenvalue weighted by atomic mass is 35.5. The molecule has 0 saturated carbocycles. The number of likely N-dealkylation sites (tertiary alicyclic amines) is 1. The summed E-state index contributed by atoms with van der Waals surface area (Å²) in [5.41, 5.74) is 3.12. The second-order valence-electron chi connectivity index (χ2n) is 12.3. The van der Waals surface area contributed by atoms with Crippen LogP contribution in [0.5, 0.6) is 0 Å². The summed E-state index contributed by atoms with van der Waals surface area (Å²) in [5, 5.41) is 17.4. The van der Waals surface area contributed by atoms with Crippen LogP contribution in [0.1, 0.15) is 53.7 Å². The Morgan fingerprint density at radius 2 is 1.90 bits per heavy atom. The van der Waals surface area contributed by atoms with E-state index in [2.05, 4.69) is 15.6 Å². The monoisotopic (exact) mass is 756 g/mol. The highest BCUT2D eigenvalue weighted by Crippen LogP contribution is 2.40. The quantitative estimate of drug-likeness (QED) is 0.0714. The molecule has 0 radical (unpaired) electrons. The molecule has 2 aromatic carbocycles. The fourth-order valence-electron chi connectivity index (χ4n) is 5.13. The van der Waals surface area contributed by atoms with Crippen molar-refractivity contribution in [3.05, 3.63) is 92.1 Å². The largest absolute Gasteiger partial charge is 0.510 e. The molecular formula is C33H33ClN6O9S2. The van der Waals surface area contributed by atoms with Crippen LogP contribution in [0.25, 0.3) is 0 Å². The Labute approximate surface area is 305 Å². The van der Waals surface area contributed by atoms with E-state index in [1.54, 1.807) is 50.2 Å². The molecule has 1 fully saturated rings. The fourth-order valence-corrected chi connectivity index (χ4v) is 7.32. The molecule has 5 rings (SSSR count). The van der Waals surface area contributed by atoms with Crippen LogP contribution in [-0.2, 0) is 32.2 Å². The van der Waals surface area contributed by atoms with Crippen LogP contribution in [0.15, 0.2) is 59.8 Å². The summed E-state index contributed by atoms with van der Waals surface area (Å²) >= 11 is 6.13. The molecule has 1 atom stereocenters. The first-order valence-electron chi connectivity index (χ1n) is 15.5. The number of halogens is 1. The molecule has 2 aliphatic heterocycles. The van der Waals surface area contributed by atoms with E-state index in [0.717, 1.165) is 22.2 Å². The van der Waals surface area contributed by atoms with Crippen molar-refractivity contribution >= 4 is 74.5 Å². The smallest absolute Gasteiger partial charge is 0.433 e. The molecule has 1 saturated heterocycles. The van der Waals surface area contributed by atoms with E-state index in [4.69, 9.17) is 21.1 Å². The minimum atomic E-state index is -1.09. The Balaban J connectivity index is 1.10. The van der Waals surface area contributed by atoms with E-state index < -0.39 is 46.4 Å². The SMILES string of the molecule is Cc1ccc(NC(=O)NCc2ccc3c(c2)CN(C2CCC(=O)N(COC(=O)OCC(C)(C)SSc4ccc([N+](=O)[O-])cn4)C2=O)C3=O)cc1Cl. The standard InChI is InChI=1S/C33H33ClN6O9S2/c1-19-4-6-22(13-25(19)34)37-31(44)36-14-20-5-8-24-21(12-20)16-38(29(24)42)26-9-11-28(41)39(30(26)43)18-49-32(45)48-17-33(2,3)51-50-27-10-7-23(15-35-27)40(46)47/h4-8,10,12-13,15,26H,9,11,14,16-18H2,1-3H3,(H2,36,37,44). The number of aryl methyl sites for hydroxylation is 1. The number of hydrogen-bond acceptors (Lipinski definition) is 12. The minimum absolute atomic E-state index is 0.0387. The number of aromatic nitrogens is 1. The normalized spacial score (nSPS) is 15.8. The number of fused-ring (bicyclic) bond motifs is 1. The molecule has 1 unspecified atom stereocenters. The van der Waals surface area contributed by atoms with E-state index in [-0.39, 0.29) is 44.1 Å². The van der Waals surface area contributed by atoms with Crippen molar-refractivity contribution in [3.63, 3.8) is 0 Å². The first-order valence-corrected chi connectivity index (χ1v) is 18.1. The molecule has 18 heteroatoms. The molecule has 51 heavy (non-hydrogen) atoms. The number of benzene rings is 2. The van der Waals surface area contributed by atoms with Gasteiger partial charge < -0.3 is 25.0 Å². The molecule has 0 aliphatic carbocycles. The highest BCUT2D eigenvalue weighted by Gasteiger charge is 2.43. The number of anilines is 1. The molecule has 15 nitrogen and oxygen atoms in total. The maximum Gasteiger partial charge on any atom is 0.510 e. The van der Waals surface area contributed by atoms with Gasteiger partial charge in [-0.15, -0.1) is 0 Å². The van der Waals surface area contributed by atoms with Gasteiger partial charge in [0.1, 0.15) is 23.9 Å². The Bertz CT molecular complexity index is 1880.